The Bertz CT molecular complexity index is 777. The molecule has 0 aliphatic heterocycles. The monoisotopic (exact) mass is 330 g/mol. The topological polar surface area (TPSA) is 98.0 Å². The lowest BCUT2D eigenvalue weighted by molar-refractivity contribution is 0.183. The predicted molar refractivity (Wildman–Crippen MR) is 93.3 cm³/mol. The minimum atomic E-state index is -0.103. The highest BCUT2D eigenvalue weighted by atomic mass is 32.1. The third-order valence-corrected chi connectivity index (χ3v) is 3.95. The summed E-state index contributed by atoms with van der Waals surface area (Å²) in [7, 11) is 1.63. The van der Waals surface area contributed by atoms with Gasteiger partial charge in [0, 0.05) is 31.6 Å². The highest BCUT2D eigenvalue weighted by Crippen LogP contribution is 2.23. The van der Waals surface area contributed by atoms with Gasteiger partial charge in [-0.1, -0.05) is 0 Å². The number of nitrogens with two attached hydrogens (primary N) is 1. The first kappa shape index (κ1) is 15.6. The molecule has 0 bridgehead atoms. The van der Waals surface area contributed by atoms with E-state index in [9.17, 15) is 0 Å². The second-order valence-electron chi connectivity index (χ2n) is 5.02. The van der Waals surface area contributed by atoms with Crippen molar-refractivity contribution in [2.24, 2.45) is 5.73 Å². The number of rotatable bonds is 7. The van der Waals surface area contributed by atoms with Crippen LogP contribution in [0.5, 0.6) is 0 Å². The van der Waals surface area contributed by atoms with Gasteiger partial charge < -0.3 is 21.1 Å². The van der Waals surface area contributed by atoms with Crippen LogP contribution in [0.25, 0.3) is 10.2 Å². The van der Waals surface area contributed by atoms with Crippen LogP contribution in [0.15, 0.2) is 36.0 Å². The molecule has 0 unspecified atom stereocenters. The molecular formula is C15H18N6OS. The smallest absolute Gasteiger partial charge is 0.224 e. The fourth-order valence-electron chi connectivity index (χ4n) is 2.09. The predicted octanol–water partition coefficient (Wildman–Crippen LogP) is 2.22. The van der Waals surface area contributed by atoms with Gasteiger partial charge in [0.25, 0.3) is 0 Å². The number of hydrogen-bond acceptors (Lipinski definition) is 8. The number of nitrogens with one attached hydrogen (secondary N) is 2. The lowest BCUT2D eigenvalue weighted by Crippen LogP contribution is -2.33. The van der Waals surface area contributed by atoms with E-state index in [0.29, 0.717) is 24.9 Å². The molecule has 0 aliphatic carbocycles. The summed E-state index contributed by atoms with van der Waals surface area (Å²) in [5, 5.41) is 6.38. The van der Waals surface area contributed by atoms with Crippen LogP contribution in [0.2, 0.25) is 0 Å². The Morgan fingerprint density at radius 3 is 3.09 bits per heavy atom. The summed E-state index contributed by atoms with van der Waals surface area (Å²) in [6.07, 6.45) is 1.70. The highest BCUT2D eigenvalue weighted by molar-refractivity contribution is 7.16. The summed E-state index contributed by atoms with van der Waals surface area (Å²) in [5.74, 6) is 1.24. The van der Waals surface area contributed by atoms with Crippen LogP contribution in [0.1, 0.15) is 0 Å². The molecule has 0 amide bonds. The number of fused-ring (bicyclic) bond motifs is 1. The molecule has 3 rings (SSSR count). The molecular weight excluding hydrogens is 312 g/mol. The van der Waals surface area contributed by atoms with E-state index in [-0.39, 0.29) is 6.04 Å². The molecule has 23 heavy (non-hydrogen) atoms. The maximum Gasteiger partial charge on any atom is 0.224 e. The van der Waals surface area contributed by atoms with E-state index in [2.05, 4.69) is 31.7 Å². The maximum absolute atomic E-state index is 5.87. The van der Waals surface area contributed by atoms with Crippen molar-refractivity contribution in [2.45, 2.75) is 6.04 Å². The van der Waals surface area contributed by atoms with Crippen LogP contribution in [-0.2, 0) is 4.74 Å². The van der Waals surface area contributed by atoms with Gasteiger partial charge in [-0.3, -0.25) is 0 Å². The van der Waals surface area contributed by atoms with Crippen molar-refractivity contribution in [2.75, 3.05) is 30.9 Å². The summed E-state index contributed by atoms with van der Waals surface area (Å²) in [6.45, 7) is 1.03. The number of anilines is 3. The van der Waals surface area contributed by atoms with Crippen LogP contribution in [0, 0.1) is 0 Å². The molecule has 0 saturated heterocycles. The van der Waals surface area contributed by atoms with E-state index >= 15 is 0 Å². The quantitative estimate of drug-likeness (QED) is 0.611. The summed E-state index contributed by atoms with van der Waals surface area (Å²) >= 11 is 1.61. The molecule has 1 aromatic carbocycles. The Kier molecular flexibility index (Phi) is 4.96. The third kappa shape index (κ3) is 4.13. The van der Waals surface area contributed by atoms with Crippen LogP contribution in [0.4, 0.5) is 17.5 Å². The van der Waals surface area contributed by atoms with Gasteiger partial charge in [-0.25, -0.2) is 9.97 Å². The van der Waals surface area contributed by atoms with Gasteiger partial charge in [0.15, 0.2) is 0 Å². The Labute approximate surface area is 137 Å². The van der Waals surface area contributed by atoms with Crippen LogP contribution in [-0.4, -0.2) is 41.3 Å². The van der Waals surface area contributed by atoms with Gasteiger partial charge in [0.2, 0.25) is 5.95 Å². The zero-order valence-electron chi connectivity index (χ0n) is 12.7. The zero-order valence-corrected chi connectivity index (χ0v) is 13.5. The van der Waals surface area contributed by atoms with Gasteiger partial charge in [0.05, 0.1) is 22.3 Å². The van der Waals surface area contributed by atoms with Gasteiger partial charge in [0.1, 0.15) is 5.82 Å². The molecule has 120 valence electrons. The summed E-state index contributed by atoms with van der Waals surface area (Å²) in [6, 6.07) is 7.73. The van der Waals surface area contributed by atoms with Crippen molar-refractivity contribution in [3.8, 4) is 0 Å². The summed E-state index contributed by atoms with van der Waals surface area (Å²) in [4.78, 5) is 12.9. The molecule has 1 atom stereocenters. The second-order valence-corrected chi connectivity index (χ2v) is 5.91. The Morgan fingerprint density at radius 2 is 2.22 bits per heavy atom. The van der Waals surface area contributed by atoms with Crippen molar-refractivity contribution < 1.29 is 4.74 Å². The van der Waals surface area contributed by atoms with E-state index in [1.165, 1.54) is 0 Å². The van der Waals surface area contributed by atoms with E-state index in [0.717, 1.165) is 15.9 Å². The Hall–Kier alpha value is -2.29. The van der Waals surface area contributed by atoms with Gasteiger partial charge in [-0.15, -0.1) is 11.3 Å². The third-order valence-electron chi connectivity index (χ3n) is 3.16. The zero-order chi connectivity index (χ0) is 16.1. The first-order chi connectivity index (χ1) is 11.2. The maximum atomic E-state index is 5.87. The molecule has 0 spiro atoms. The van der Waals surface area contributed by atoms with Crippen LogP contribution >= 0.6 is 11.3 Å². The Balaban J connectivity index is 1.67. The number of benzene rings is 1. The van der Waals surface area contributed by atoms with E-state index in [1.807, 2.05) is 23.7 Å². The molecule has 0 fully saturated rings. The van der Waals surface area contributed by atoms with Crippen molar-refractivity contribution in [1.82, 2.24) is 15.0 Å². The van der Waals surface area contributed by atoms with Crippen molar-refractivity contribution in [1.29, 1.82) is 0 Å². The molecule has 7 nitrogen and oxygen atoms in total. The number of methoxy groups -OCH3 is 1. The second kappa shape index (κ2) is 7.32. The fourth-order valence-corrected chi connectivity index (χ4v) is 2.81. The SMILES string of the molecule is COC[C@H](N)CNc1nccc(Nc2ccc3ncsc3c2)n1. The highest BCUT2D eigenvalue weighted by Gasteiger charge is 2.05. The summed E-state index contributed by atoms with van der Waals surface area (Å²) < 4.78 is 6.13. The fraction of sp³-hybridized carbons (Fsp3) is 0.267. The molecule has 3 aromatic rings. The number of nitrogens with zero attached hydrogens (tertiary/aromatic N) is 3. The van der Waals surface area contributed by atoms with Gasteiger partial charge in [-0.05, 0) is 24.3 Å². The average Bonchev–Trinajstić information content (AvgIpc) is 3.01. The number of hydrogen-bond donors (Lipinski definition) is 3. The average molecular weight is 330 g/mol. The molecule has 0 aliphatic rings. The molecule has 2 heterocycles. The van der Waals surface area contributed by atoms with E-state index < -0.39 is 0 Å². The van der Waals surface area contributed by atoms with Crippen molar-refractivity contribution >= 4 is 39.0 Å². The Morgan fingerprint density at radius 1 is 1.30 bits per heavy atom. The van der Waals surface area contributed by atoms with Crippen molar-refractivity contribution in [3.63, 3.8) is 0 Å². The molecule has 4 N–H and O–H groups in total. The molecule has 0 saturated carbocycles. The minimum Gasteiger partial charge on any atom is -0.383 e. The molecule has 2 aromatic heterocycles. The number of thiazole rings is 1. The van der Waals surface area contributed by atoms with Gasteiger partial charge in [-0.2, -0.15) is 4.98 Å². The standard InChI is InChI=1S/C15H18N6OS/c1-22-8-10(16)7-18-15-17-5-4-14(21-15)20-11-2-3-12-13(6-11)23-9-19-12/h2-6,9-10H,7-8,16H2,1H3,(H2,17,18,20,21)/t10-/m1/s1. The van der Waals surface area contributed by atoms with Crippen LogP contribution in [0.3, 0.4) is 0 Å². The van der Waals surface area contributed by atoms with E-state index in [4.69, 9.17) is 10.5 Å². The first-order valence-corrected chi connectivity index (χ1v) is 8.04. The molecule has 0 radical (unpaired) electrons. The van der Waals surface area contributed by atoms with Crippen molar-refractivity contribution in [3.05, 3.63) is 36.0 Å². The lowest BCUT2D eigenvalue weighted by Gasteiger charge is -2.12. The normalized spacial score (nSPS) is 12.3. The minimum absolute atomic E-state index is 0.103. The number of ether oxygens (including phenoxy) is 1. The van der Waals surface area contributed by atoms with E-state index in [1.54, 1.807) is 24.6 Å². The summed E-state index contributed by atoms with van der Waals surface area (Å²) in [5.41, 5.74) is 9.67. The first-order valence-electron chi connectivity index (χ1n) is 7.16. The number of aromatic nitrogens is 3. The van der Waals surface area contributed by atoms with Crippen LogP contribution < -0.4 is 16.4 Å². The lowest BCUT2D eigenvalue weighted by atomic mass is 10.3. The molecule has 8 heteroatoms. The largest absolute Gasteiger partial charge is 0.383 e. The van der Waals surface area contributed by atoms with Gasteiger partial charge >= 0.3 is 0 Å².